The molecule has 4 heterocycles. The van der Waals surface area contributed by atoms with Crippen molar-refractivity contribution in [1.82, 2.24) is 24.4 Å². The molecule has 2 N–H and O–H groups in total. The van der Waals surface area contributed by atoms with E-state index in [-0.39, 0.29) is 51.5 Å². The van der Waals surface area contributed by atoms with Crippen LogP contribution in [-0.2, 0) is 4.79 Å². The second-order valence-corrected chi connectivity index (χ2v) is 12.0. The number of carbonyl (C=O) groups excluding carboxylic acids is 1. The van der Waals surface area contributed by atoms with Gasteiger partial charge >= 0.3 is 5.69 Å². The zero-order valence-electron chi connectivity index (χ0n) is 25.7. The lowest BCUT2D eigenvalue weighted by Crippen LogP contribution is -2.58. The minimum Gasteiger partial charge on any atom is -0.398 e. The van der Waals surface area contributed by atoms with Gasteiger partial charge in [-0.2, -0.15) is 4.98 Å². The highest BCUT2D eigenvalue weighted by Gasteiger charge is 2.34. The van der Waals surface area contributed by atoms with E-state index in [9.17, 15) is 9.59 Å². The zero-order chi connectivity index (χ0) is 32.0. The number of nitrogens with zero attached hydrogens (tertiary/aromatic N) is 7. The monoisotopic (exact) mass is 618 g/mol. The van der Waals surface area contributed by atoms with Gasteiger partial charge in [0.2, 0.25) is 5.91 Å². The third kappa shape index (κ3) is 5.25. The van der Waals surface area contributed by atoms with E-state index in [0.29, 0.717) is 35.7 Å². The second-order valence-electron chi connectivity index (χ2n) is 11.6. The van der Waals surface area contributed by atoms with E-state index < -0.39 is 11.5 Å². The molecular formula is C32H36ClFN8O2. The highest BCUT2D eigenvalue weighted by atomic mass is 35.5. The van der Waals surface area contributed by atoms with Crippen molar-refractivity contribution in [2.75, 3.05) is 42.7 Å². The van der Waals surface area contributed by atoms with E-state index in [1.54, 1.807) is 23.2 Å². The number of hydrogen-bond donors (Lipinski definition) is 1. The molecule has 1 aliphatic rings. The van der Waals surface area contributed by atoms with Crippen LogP contribution in [0.4, 0.5) is 21.6 Å². The van der Waals surface area contributed by atoms with Gasteiger partial charge in [0.15, 0.2) is 5.65 Å². The standard InChI is InChI=1S/C32H36ClFN8O2/c1-8-25(43)40-15-19(5)41(16-18(40)4)30-20-14-21(33)28(26-22(34)10-9-11-23(26)35)37-31(20)42(32(44)38-30)29-24(39(6)7)12-13-36-27(29)17(2)3/h8-14,17-19H,1,15-16,35H2,2-7H3. The number of nitrogens with two attached hydrogens (primary N) is 1. The Morgan fingerprint density at radius 2 is 1.91 bits per heavy atom. The number of nitrogen functional groups attached to an aromatic ring is 1. The molecule has 1 saturated heterocycles. The number of pyridine rings is 2. The van der Waals surface area contributed by atoms with Crippen molar-refractivity contribution in [3.63, 3.8) is 0 Å². The number of carbonyl (C=O) groups is 1. The summed E-state index contributed by atoms with van der Waals surface area (Å²) in [5.41, 5.74) is 8.07. The molecule has 1 amide bonds. The quantitative estimate of drug-likeness (QED) is 0.237. The highest BCUT2D eigenvalue weighted by Crippen LogP contribution is 2.39. The number of hydrogen-bond acceptors (Lipinski definition) is 8. The van der Waals surface area contributed by atoms with E-state index in [1.807, 2.05) is 57.7 Å². The average Bonchev–Trinajstić information content (AvgIpc) is 2.97. The van der Waals surface area contributed by atoms with Gasteiger partial charge in [0.05, 0.1) is 38.7 Å². The molecule has 44 heavy (non-hydrogen) atoms. The summed E-state index contributed by atoms with van der Waals surface area (Å²) in [5, 5.41) is 0.630. The van der Waals surface area contributed by atoms with E-state index in [1.165, 1.54) is 22.8 Å². The molecule has 0 saturated carbocycles. The van der Waals surface area contributed by atoms with E-state index in [2.05, 4.69) is 16.5 Å². The molecule has 2 atom stereocenters. The molecule has 0 aliphatic carbocycles. The average molecular weight is 619 g/mol. The Labute approximate surface area is 260 Å². The number of fused-ring (bicyclic) bond motifs is 1. The first-order chi connectivity index (χ1) is 20.8. The van der Waals surface area contributed by atoms with Crippen LogP contribution in [0.15, 0.2) is 54.0 Å². The maximum Gasteiger partial charge on any atom is 0.355 e. The molecule has 4 aromatic rings. The lowest BCUT2D eigenvalue weighted by atomic mass is 10.0. The Kier molecular flexibility index (Phi) is 8.35. The Bertz CT molecular complexity index is 1790. The van der Waals surface area contributed by atoms with Gasteiger partial charge in [0, 0.05) is 51.2 Å². The summed E-state index contributed by atoms with van der Waals surface area (Å²) in [6.07, 6.45) is 3.00. The van der Waals surface area contributed by atoms with Crippen molar-refractivity contribution >= 4 is 45.7 Å². The van der Waals surface area contributed by atoms with Crippen LogP contribution in [0.1, 0.15) is 39.3 Å². The topological polar surface area (TPSA) is 113 Å². The minimum absolute atomic E-state index is 0.0402. The Hall–Kier alpha value is -4.51. The molecule has 1 fully saturated rings. The minimum atomic E-state index is -0.592. The van der Waals surface area contributed by atoms with Crippen LogP contribution in [0.25, 0.3) is 28.0 Å². The van der Waals surface area contributed by atoms with Crippen LogP contribution in [0.2, 0.25) is 5.02 Å². The van der Waals surface area contributed by atoms with Crippen LogP contribution in [0.5, 0.6) is 0 Å². The molecule has 0 bridgehead atoms. The Morgan fingerprint density at radius 3 is 2.55 bits per heavy atom. The number of aromatic nitrogens is 4. The lowest BCUT2D eigenvalue weighted by molar-refractivity contribution is -0.128. The summed E-state index contributed by atoms with van der Waals surface area (Å²) in [5.74, 6) is -0.444. The van der Waals surface area contributed by atoms with Gasteiger partial charge < -0.3 is 20.4 Å². The molecule has 3 aromatic heterocycles. The molecule has 0 spiro atoms. The predicted molar refractivity (Wildman–Crippen MR) is 174 cm³/mol. The van der Waals surface area contributed by atoms with Crippen LogP contribution in [0, 0.1) is 5.82 Å². The maximum absolute atomic E-state index is 15.2. The van der Waals surface area contributed by atoms with Crippen LogP contribution >= 0.6 is 11.6 Å². The van der Waals surface area contributed by atoms with Gasteiger partial charge in [-0.3, -0.25) is 9.78 Å². The van der Waals surface area contributed by atoms with Gasteiger partial charge in [0.25, 0.3) is 0 Å². The number of rotatable bonds is 6. The highest BCUT2D eigenvalue weighted by molar-refractivity contribution is 6.34. The summed E-state index contributed by atoms with van der Waals surface area (Å²) < 4.78 is 16.7. The fourth-order valence-electron chi connectivity index (χ4n) is 5.81. The molecule has 2 unspecified atom stereocenters. The number of anilines is 3. The van der Waals surface area contributed by atoms with Gasteiger partial charge in [-0.15, -0.1) is 0 Å². The lowest BCUT2D eigenvalue weighted by Gasteiger charge is -2.44. The van der Waals surface area contributed by atoms with Crippen molar-refractivity contribution in [2.24, 2.45) is 0 Å². The van der Waals surface area contributed by atoms with E-state index in [0.717, 1.165) is 5.69 Å². The molecule has 5 rings (SSSR count). The molecule has 10 nitrogen and oxygen atoms in total. The fourth-order valence-corrected chi connectivity index (χ4v) is 6.06. The van der Waals surface area contributed by atoms with Gasteiger partial charge in [-0.25, -0.2) is 18.7 Å². The Balaban J connectivity index is 1.88. The number of benzene rings is 1. The number of piperazine rings is 1. The normalized spacial score (nSPS) is 16.9. The Morgan fingerprint density at radius 1 is 1.18 bits per heavy atom. The predicted octanol–water partition coefficient (Wildman–Crippen LogP) is 5.02. The van der Waals surface area contributed by atoms with Crippen molar-refractivity contribution in [3.05, 3.63) is 76.2 Å². The number of amides is 1. The number of halogens is 2. The van der Waals surface area contributed by atoms with E-state index in [4.69, 9.17) is 22.3 Å². The molecule has 230 valence electrons. The van der Waals surface area contributed by atoms with Gasteiger partial charge in [-0.05, 0) is 50.1 Å². The smallest absolute Gasteiger partial charge is 0.355 e. The first-order valence-electron chi connectivity index (χ1n) is 14.4. The summed E-state index contributed by atoms with van der Waals surface area (Å²) in [6, 6.07) is 7.44. The maximum atomic E-state index is 15.2. The first kappa shape index (κ1) is 30.9. The van der Waals surface area contributed by atoms with Crippen molar-refractivity contribution in [2.45, 2.75) is 45.7 Å². The summed E-state index contributed by atoms with van der Waals surface area (Å²) in [6.45, 7) is 12.3. The molecule has 0 radical (unpaired) electrons. The van der Waals surface area contributed by atoms with Gasteiger partial charge in [0.1, 0.15) is 11.6 Å². The van der Waals surface area contributed by atoms with Gasteiger partial charge in [-0.1, -0.05) is 38.1 Å². The summed E-state index contributed by atoms with van der Waals surface area (Å²) in [7, 11) is 3.75. The zero-order valence-corrected chi connectivity index (χ0v) is 26.4. The third-order valence-corrected chi connectivity index (χ3v) is 8.27. The van der Waals surface area contributed by atoms with Crippen molar-refractivity contribution in [1.29, 1.82) is 0 Å². The SMILES string of the molecule is C=CC(=O)N1CC(C)N(c2nc(=O)n(-c3c(N(C)C)ccnc3C(C)C)c3nc(-c4c(N)cccc4F)c(Cl)cc23)CC1C. The first-order valence-corrected chi connectivity index (χ1v) is 14.8. The van der Waals surface area contributed by atoms with Crippen molar-refractivity contribution in [3.8, 4) is 16.9 Å². The molecule has 12 heteroatoms. The van der Waals surface area contributed by atoms with Crippen molar-refractivity contribution < 1.29 is 9.18 Å². The largest absolute Gasteiger partial charge is 0.398 e. The molecular weight excluding hydrogens is 583 g/mol. The molecule has 1 aliphatic heterocycles. The van der Waals surface area contributed by atoms with E-state index >= 15 is 4.39 Å². The summed E-state index contributed by atoms with van der Waals surface area (Å²) >= 11 is 6.84. The summed E-state index contributed by atoms with van der Waals surface area (Å²) in [4.78, 5) is 46.5. The van der Waals surface area contributed by atoms with Crippen LogP contribution < -0.4 is 21.2 Å². The fraction of sp³-hybridized carbons (Fsp3) is 0.344. The van der Waals surface area contributed by atoms with Crippen LogP contribution in [-0.4, -0.2) is 69.6 Å². The van der Waals surface area contributed by atoms with Crippen LogP contribution in [0.3, 0.4) is 0 Å². The molecule has 1 aromatic carbocycles. The second kappa shape index (κ2) is 11.9. The third-order valence-electron chi connectivity index (χ3n) is 7.98.